The van der Waals surface area contributed by atoms with Gasteiger partial charge in [-0.15, -0.1) is 0 Å². The van der Waals surface area contributed by atoms with Crippen LogP contribution in [0.5, 0.6) is 0 Å². The van der Waals surface area contributed by atoms with Gasteiger partial charge in [0.2, 0.25) is 0 Å². The van der Waals surface area contributed by atoms with Gasteiger partial charge in [-0.05, 0) is 76.7 Å². The van der Waals surface area contributed by atoms with Crippen LogP contribution in [0, 0.1) is 0 Å². The van der Waals surface area contributed by atoms with Crippen molar-refractivity contribution in [1.82, 2.24) is 9.88 Å². The molecule has 152 valence electrons. The van der Waals surface area contributed by atoms with Gasteiger partial charge in [0.25, 0.3) is 0 Å². The minimum absolute atomic E-state index is 0.132. The van der Waals surface area contributed by atoms with Crippen LogP contribution < -0.4 is 0 Å². The minimum atomic E-state index is 0.132. The van der Waals surface area contributed by atoms with E-state index in [4.69, 9.17) is 9.72 Å². The van der Waals surface area contributed by atoms with E-state index in [1.165, 1.54) is 89.5 Å². The predicted octanol–water partition coefficient (Wildman–Crippen LogP) is 5.73. The summed E-state index contributed by atoms with van der Waals surface area (Å²) in [5.41, 5.74) is 1.64. The van der Waals surface area contributed by atoms with Crippen LogP contribution in [0.1, 0.15) is 90.2 Å². The zero-order valence-electron chi connectivity index (χ0n) is 17.7. The molecule has 0 N–H and O–H groups in total. The van der Waals surface area contributed by atoms with Crippen molar-refractivity contribution in [2.24, 2.45) is 0 Å². The van der Waals surface area contributed by atoms with Crippen LogP contribution in [0.15, 0.2) is 24.4 Å². The molecule has 1 aliphatic carbocycles. The SMILES string of the molecule is CCCCN(CCCC)CC[C@@]1(c2ccccn2)CCOC2(CCCC2)C1. The van der Waals surface area contributed by atoms with Crippen molar-refractivity contribution in [3.05, 3.63) is 30.1 Å². The maximum Gasteiger partial charge on any atom is 0.0691 e. The van der Waals surface area contributed by atoms with Gasteiger partial charge in [0, 0.05) is 23.9 Å². The second-order valence-electron chi connectivity index (χ2n) is 8.96. The molecule has 1 atom stereocenters. The summed E-state index contributed by atoms with van der Waals surface area (Å²) in [5, 5.41) is 0. The third kappa shape index (κ3) is 5.32. The molecule has 3 nitrogen and oxygen atoms in total. The van der Waals surface area contributed by atoms with Crippen LogP contribution in [0.4, 0.5) is 0 Å². The summed E-state index contributed by atoms with van der Waals surface area (Å²) in [6.45, 7) is 9.20. The molecule has 0 unspecified atom stereocenters. The average molecular weight is 373 g/mol. The average Bonchev–Trinajstić information content (AvgIpc) is 3.15. The maximum atomic E-state index is 6.40. The first kappa shape index (κ1) is 20.8. The topological polar surface area (TPSA) is 25.4 Å². The Balaban J connectivity index is 1.75. The first-order valence-corrected chi connectivity index (χ1v) is 11.5. The Morgan fingerprint density at radius 1 is 1.00 bits per heavy atom. The Morgan fingerprint density at radius 3 is 2.37 bits per heavy atom. The molecule has 27 heavy (non-hydrogen) atoms. The van der Waals surface area contributed by atoms with Crippen LogP contribution in [0.25, 0.3) is 0 Å². The van der Waals surface area contributed by atoms with Gasteiger partial charge in [-0.3, -0.25) is 4.98 Å². The quantitative estimate of drug-likeness (QED) is 0.524. The summed E-state index contributed by atoms with van der Waals surface area (Å²) in [6.07, 6.45) is 15.9. The first-order chi connectivity index (χ1) is 13.2. The van der Waals surface area contributed by atoms with E-state index in [0.717, 1.165) is 13.0 Å². The van der Waals surface area contributed by atoms with Crippen LogP contribution in [0.2, 0.25) is 0 Å². The molecule has 1 spiro atoms. The first-order valence-electron chi connectivity index (χ1n) is 11.5. The van der Waals surface area contributed by atoms with Crippen LogP contribution >= 0.6 is 0 Å². The fourth-order valence-electron chi connectivity index (χ4n) is 5.27. The number of hydrogen-bond donors (Lipinski definition) is 0. The molecule has 1 aromatic heterocycles. The van der Waals surface area contributed by atoms with Gasteiger partial charge in [0.1, 0.15) is 0 Å². The van der Waals surface area contributed by atoms with E-state index >= 15 is 0 Å². The highest BCUT2D eigenvalue weighted by molar-refractivity contribution is 5.20. The fourth-order valence-corrected chi connectivity index (χ4v) is 5.27. The second kappa shape index (κ2) is 10.0. The van der Waals surface area contributed by atoms with Crippen molar-refractivity contribution in [2.75, 3.05) is 26.2 Å². The van der Waals surface area contributed by atoms with Crippen molar-refractivity contribution in [3.63, 3.8) is 0 Å². The molecular formula is C24H40N2O. The molecule has 1 saturated carbocycles. The summed E-state index contributed by atoms with van der Waals surface area (Å²) >= 11 is 0. The third-order valence-corrected chi connectivity index (χ3v) is 6.93. The highest BCUT2D eigenvalue weighted by Crippen LogP contribution is 2.49. The number of nitrogens with zero attached hydrogens (tertiary/aromatic N) is 2. The summed E-state index contributed by atoms with van der Waals surface area (Å²) < 4.78 is 6.40. The Bertz CT molecular complexity index is 533. The monoisotopic (exact) mass is 372 g/mol. The number of aromatic nitrogens is 1. The van der Waals surface area contributed by atoms with Crippen molar-refractivity contribution in [3.8, 4) is 0 Å². The molecule has 2 aliphatic rings. The molecule has 2 fully saturated rings. The lowest BCUT2D eigenvalue weighted by atomic mass is 9.68. The molecular weight excluding hydrogens is 332 g/mol. The van der Waals surface area contributed by atoms with Crippen molar-refractivity contribution >= 4 is 0 Å². The Labute approximate surface area is 166 Å². The Morgan fingerprint density at radius 2 is 1.74 bits per heavy atom. The lowest BCUT2D eigenvalue weighted by Gasteiger charge is -2.47. The summed E-state index contributed by atoms with van der Waals surface area (Å²) in [4.78, 5) is 7.57. The number of unbranched alkanes of at least 4 members (excludes halogenated alkanes) is 2. The lowest BCUT2D eigenvalue weighted by molar-refractivity contribution is -0.105. The van der Waals surface area contributed by atoms with Crippen LogP contribution in [-0.4, -0.2) is 41.7 Å². The van der Waals surface area contributed by atoms with Crippen LogP contribution in [0.3, 0.4) is 0 Å². The molecule has 0 aromatic carbocycles. The van der Waals surface area contributed by atoms with Crippen LogP contribution in [-0.2, 0) is 10.2 Å². The molecule has 1 aromatic rings. The molecule has 3 rings (SSSR count). The zero-order valence-corrected chi connectivity index (χ0v) is 17.7. The number of ether oxygens (including phenoxy) is 1. The number of rotatable bonds is 10. The zero-order chi connectivity index (χ0) is 19.0. The van der Waals surface area contributed by atoms with Gasteiger partial charge >= 0.3 is 0 Å². The largest absolute Gasteiger partial charge is 0.375 e. The van der Waals surface area contributed by atoms with Crippen molar-refractivity contribution < 1.29 is 4.74 Å². The van der Waals surface area contributed by atoms with Gasteiger partial charge in [-0.1, -0.05) is 45.6 Å². The molecule has 0 amide bonds. The van der Waals surface area contributed by atoms with E-state index in [1.54, 1.807) is 0 Å². The van der Waals surface area contributed by atoms with E-state index in [0.29, 0.717) is 0 Å². The highest BCUT2D eigenvalue weighted by Gasteiger charge is 2.48. The summed E-state index contributed by atoms with van der Waals surface area (Å²) in [5.74, 6) is 0. The predicted molar refractivity (Wildman–Crippen MR) is 113 cm³/mol. The second-order valence-corrected chi connectivity index (χ2v) is 8.96. The van der Waals surface area contributed by atoms with E-state index in [9.17, 15) is 0 Å². The minimum Gasteiger partial charge on any atom is -0.375 e. The molecule has 2 heterocycles. The standard InChI is InChI=1S/C24H40N2O/c1-3-5-17-26(18-6-4-2)19-14-23(22-11-7-10-16-25-22)15-20-27-24(21-23)12-8-9-13-24/h7,10-11,16H,3-6,8-9,12-15,17-21H2,1-2H3/t23-/m1/s1. The molecule has 0 radical (unpaired) electrons. The maximum absolute atomic E-state index is 6.40. The molecule has 1 saturated heterocycles. The van der Waals surface area contributed by atoms with Crippen molar-refractivity contribution in [2.45, 2.75) is 95.5 Å². The van der Waals surface area contributed by atoms with E-state index < -0.39 is 0 Å². The number of pyridine rings is 1. The molecule has 3 heteroatoms. The highest BCUT2D eigenvalue weighted by atomic mass is 16.5. The molecule has 1 aliphatic heterocycles. The van der Waals surface area contributed by atoms with Gasteiger partial charge < -0.3 is 9.64 Å². The van der Waals surface area contributed by atoms with E-state index in [2.05, 4.69) is 36.9 Å². The van der Waals surface area contributed by atoms with Gasteiger partial charge in [0.05, 0.1) is 5.60 Å². The van der Waals surface area contributed by atoms with E-state index in [-0.39, 0.29) is 11.0 Å². The van der Waals surface area contributed by atoms with Gasteiger partial charge in [-0.2, -0.15) is 0 Å². The number of hydrogen-bond acceptors (Lipinski definition) is 3. The smallest absolute Gasteiger partial charge is 0.0691 e. The normalized spacial score (nSPS) is 24.7. The lowest BCUT2D eigenvalue weighted by Crippen LogP contribution is -2.48. The Kier molecular flexibility index (Phi) is 7.72. The Hall–Kier alpha value is -0.930. The van der Waals surface area contributed by atoms with E-state index in [1.807, 2.05) is 6.20 Å². The van der Waals surface area contributed by atoms with Gasteiger partial charge in [0.15, 0.2) is 0 Å². The fraction of sp³-hybridized carbons (Fsp3) is 0.792. The molecule has 0 bridgehead atoms. The van der Waals surface area contributed by atoms with Gasteiger partial charge in [-0.25, -0.2) is 0 Å². The van der Waals surface area contributed by atoms with Crippen molar-refractivity contribution in [1.29, 1.82) is 0 Å². The summed E-state index contributed by atoms with van der Waals surface area (Å²) in [6, 6.07) is 6.50. The summed E-state index contributed by atoms with van der Waals surface area (Å²) in [7, 11) is 0. The third-order valence-electron chi connectivity index (χ3n) is 6.93.